The van der Waals surface area contributed by atoms with Gasteiger partial charge in [-0.25, -0.2) is 0 Å². The van der Waals surface area contributed by atoms with Crippen molar-refractivity contribution in [1.29, 1.82) is 0 Å². The number of primary amides is 1. The first kappa shape index (κ1) is 9.25. The number of nitrogens with two attached hydrogens (primary N) is 1. The number of carbonyl (C=O) groups excluding carboxylic acids is 1. The highest BCUT2D eigenvalue weighted by atomic mass is 16.3. The first-order valence-corrected chi connectivity index (χ1v) is 3.72. The lowest BCUT2D eigenvalue weighted by Crippen LogP contribution is -2.12. The maximum Gasteiger partial charge on any atom is 0.248 e. The number of aliphatic imine (C=N–C) groups is 1. The largest absolute Gasteiger partial charge is 0.862 e. The van der Waals surface area contributed by atoms with Crippen molar-refractivity contribution in [2.24, 2.45) is 10.7 Å². The van der Waals surface area contributed by atoms with Crippen LogP contribution < -0.4 is 10.8 Å². The van der Waals surface area contributed by atoms with E-state index in [1.165, 1.54) is 13.0 Å². The van der Waals surface area contributed by atoms with Crippen LogP contribution in [0.4, 0.5) is 5.69 Å². The van der Waals surface area contributed by atoms with Gasteiger partial charge < -0.3 is 10.8 Å². The van der Waals surface area contributed by atoms with E-state index in [-0.39, 0.29) is 5.90 Å². The van der Waals surface area contributed by atoms with Crippen molar-refractivity contribution in [3.05, 3.63) is 29.8 Å². The van der Waals surface area contributed by atoms with Crippen LogP contribution in [-0.4, -0.2) is 11.8 Å². The van der Waals surface area contributed by atoms with Crippen LogP contribution in [-0.2, 0) is 0 Å². The van der Waals surface area contributed by atoms with Crippen molar-refractivity contribution in [3.63, 3.8) is 0 Å². The van der Waals surface area contributed by atoms with E-state index in [0.29, 0.717) is 11.3 Å². The molecule has 0 aliphatic heterocycles. The number of benzene rings is 1. The van der Waals surface area contributed by atoms with Crippen LogP contribution in [0.25, 0.3) is 0 Å². The number of hydrogen-bond acceptors (Lipinski definition) is 3. The number of nitrogens with zero attached hydrogens (tertiary/aromatic N) is 1. The molecule has 0 saturated heterocycles. The van der Waals surface area contributed by atoms with Crippen LogP contribution in [0, 0.1) is 0 Å². The summed E-state index contributed by atoms with van der Waals surface area (Å²) >= 11 is 0. The zero-order valence-corrected chi connectivity index (χ0v) is 7.15. The fourth-order valence-corrected chi connectivity index (χ4v) is 0.911. The highest BCUT2D eigenvalue weighted by Gasteiger charge is 1.98. The van der Waals surface area contributed by atoms with Crippen LogP contribution in [0.5, 0.6) is 0 Å². The molecule has 4 nitrogen and oxygen atoms in total. The molecule has 0 spiro atoms. The summed E-state index contributed by atoms with van der Waals surface area (Å²) in [4.78, 5) is 14.4. The molecule has 13 heavy (non-hydrogen) atoms. The Labute approximate surface area is 75.7 Å². The second-order valence-corrected chi connectivity index (χ2v) is 2.55. The highest BCUT2D eigenvalue weighted by molar-refractivity contribution is 5.93. The average molecular weight is 177 g/mol. The lowest BCUT2D eigenvalue weighted by molar-refractivity contribution is -0.215. The maximum atomic E-state index is 10.7. The maximum absolute atomic E-state index is 10.7. The Morgan fingerprint density at radius 3 is 2.77 bits per heavy atom. The van der Waals surface area contributed by atoms with E-state index in [1.807, 2.05) is 0 Å². The van der Waals surface area contributed by atoms with Gasteiger partial charge in [-0.05, 0) is 31.0 Å². The summed E-state index contributed by atoms with van der Waals surface area (Å²) in [5, 5.41) is 10.6. The van der Waals surface area contributed by atoms with E-state index < -0.39 is 5.91 Å². The zero-order chi connectivity index (χ0) is 9.84. The minimum absolute atomic E-state index is 0.304. The van der Waals surface area contributed by atoms with Crippen molar-refractivity contribution in [2.75, 3.05) is 0 Å². The molecule has 0 atom stereocenters. The topological polar surface area (TPSA) is 78.5 Å². The number of rotatable bonds is 2. The van der Waals surface area contributed by atoms with Gasteiger partial charge in [-0.2, -0.15) is 0 Å². The van der Waals surface area contributed by atoms with E-state index in [9.17, 15) is 9.90 Å². The van der Waals surface area contributed by atoms with Crippen molar-refractivity contribution >= 4 is 17.5 Å². The van der Waals surface area contributed by atoms with Gasteiger partial charge >= 0.3 is 0 Å². The molecule has 0 saturated carbocycles. The van der Waals surface area contributed by atoms with Gasteiger partial charge in [-0.1, -0.05) is 6.07 Å². The van der Waals surface area contributed by atoms with Crippen LogP contribution >= 0.6 is 0 Å². The van der Waals surface area contributed by atoms with E-state index in [0.717, 1.165) is 0 Å². The fraction of sp³-hybridized carbons (Fsp3) is 0.111. The average Bonchev–Trinajstić information content (AvgIpc) is 2.03. The van der Waals surface area contributed by atoms with E-state index >= 15 is 0 Å². The summed E-state index contributed by atoms with van der Waals surface area (Å²) in [5.74, 6) is -0.831. The van der Waals surface area contributed by atoms with Gasteiger partial charge in [0.1, 0.15) is 0 Å². The Balaban J connectivity index is 3.06. The van der Waals surface area contributed by atoms with Crippen LogP contribution in [0.2, 0.25) is 0 Å². The molecule has 0 fully saturated rings. The third-order valence-corrected chi connectivity index (χ3v) is 1.42. The van der Waals surface area contributed by atoms with Gasteiger partial charge in [0.15, 0.2) is 0 Å². The second-order valence-electron chi connectivity index (χ2n) is 2.55. The first-order chi connectivity index (χ1) is 6.09. The predicted molar refractivity (Wildman–Crippen MR) is 47.7 cm³/mol. The lowest BCUT2D eigenvalue weighted by Gasteiger charge is -2.03. The third kappa shape index (κ3) is 2.59. The summed E-state index contributed by atoms with van der Waals surface area (Å²) < 4.78 is 0. The summed E-state index contributed by atoms with van der Waals surface area (Å²) in [6.07, 6.45) is 0. The SMILES string of the molecule is CC([O-])=Nc1cccc(C(N)=O)c1. The van der Waals surface area contributed by atoms with Crippen LogP contribution in [0.15, 0.2) is 29.3 Å². The molecule has 0 bridgehead atoms. The third-order valence-electron chi connectivity index (χ3n) is 1.42. The highest BCUT2D eigenvalue weighted by Crippen LogP contribution is 2.13. The molecule has 0 aliphatic rings. The fourth-order valence-electron chi connectivity index (χ4n) is 0.911. The Morgan fingerprint density at radius 2 is 2.23 bits per heavy atom. The Bertz CT molecular complexity index is 354. The van der Waals surface area contributed by atoms with Gasteiger partial charge in [0.2, 0.25) is 5.91 Å². The summed E-state index contributed by atoms with van der Waals surface area (Å²) in [6, 6.07) is 6.31. The first-order valence-electron chi connectivity index (χ1n) is 3.72. The monoisotopic (exact) mass is 177 g/mol. The molecule has 1 rings (SSSR count). The van der Waals surface area contributed by atoms with E-state index in [2.05, 4.69) is 4.99 Å². The molecule has 0 heterocycles. The second kappa shape index (κ2) is 3.71. The minimum atomic E-state index is -0.527. The Hall–Kier alpha value is -1.84. The molecule has 1 amide bonds. The molecule has 2 N–H and O–H groups in total. The molecule has 4 heteroatoms. The molecule has 1 aromatic rings. The van der Waals surface area contributed by atoms with Gasteiger partial charge in [0.25, 0.3) is 0 Å². The van der Waals surface area contributed by atoms with Crippen molar-refractivity contribution < 1.29 is 9.90 Å². The lowest BCUT2D eigenvalue weighted by atomic mass is 10.2. The molecule has 0 radical (unpaired) electrons. The van der Waals surface area contributed by atoms with Crippen molar-refractivity contribution in [2.45, 2.75) is 6.92 Å². The molecule has 0 aliphatic carbocycles. The standard InChI is InChI=1S/C9H10N2O2/c1-6(12)11-8-4-2-3-7(5-8)9(10)13/h2-5H,1H3,(H2,10,13)(H,11,12)/p-1. The van der Waals surface area contributed by atoms with E-state index in [1.54, 1.807) is 18.2 Å². The molecule has 0 aromatic heterocycles. The molecule has 1 aromatic carbocycles. The number of carbonyl (C=O) groups is 1. The smallest absolute Gasteiger partial charge is 0.248 e. The molecular weight excluding hydrogens is 168 g/mol. The van der Waals surface area contributed by atoms with Crippen molar-refractivity contribution in [3.8, 4) is 0 Å². The normalized spacial score (nSPS) is 11.3. The van der Waals surface area contributed by atoms with Crippen LogP contribution in [0.1, 0.15) is 17.3 Å². The van der Waals surface area contributed by atoms with Crippen LogP contribution in [0.3, 0.4) is 0 Å². The Morgan fingerprint density at radius 1 is 1.54 bits per heavy atom. The quantitative estimate of drug-likeness (QED) is 0.517. The number of amides is 1. The summed E-state index contributed by atoms with van der Waals surface area (Å²) in [6.45, 7) is 1.34. The summed E-state index contributed by atoms with van der Waals surface area (Å²) in [7, 11) is 0. The van der Waals surface area contributed by atoms with Gasteiger partial charge in [0, 0.05) is 5.56 Å². The number of hydrogen-bond donors (Lipinski definition) is 1. The van der Waals surface area contributed by atoms with E-state index in [4.69, 9.17) is 5.73 Å². The molecule has 0 unspecified atom stereocenters. The van der Waals surface area contributed by atoms with Gasteiger partial charge in [-0.15, -0.1) is 0 Å². The molecule has 68 valence electrons. The van der Waals surface area contributed by atoms with Gasteiger partial charge in [-0.3, -0.25) is 9.79 Å². The zero-order valence-electron chi connectivity index (χ0n) is 7.15. The summed E-state index contributed by atoms with van der Waals surface area (Å²) in [5.41, 5.74) is 5.85. The Kier molecular flexibility index (Phi) is 2.64. The van der Waals surface area contributed by atoms with Gasteiger partial charge in [0.05, 0.1) is 5.69 Å². The predicted octanol–water partition coefficient (Wildman–Crippen LogP) is 0.196. The minimum Gasteiger partial charge on any atom is -0.862 e. The van der Waals surface area contributed by atoms with Crippen molar-refractivity contribution in [1.82, 2.24) is 0 Å². The molecular formula is C9H9N2O2-.